The van der Waals surface area contributed by atoms with Crippen LogP contribution in [-0.2, 0) is 32.0 Å². The Hall–Kier alpha value is -1.74. The SMILES string of the molecule is CC1(C)OC[C@H](CCc2c(Br)c(-c3ccccc3)nn2CC2CCC(COC(C(=O)O)C(C)(C)C)CC2)O1. The van der Waals surface area contributed by atoms with E-state index in [1.54, 1.807) is 0 Å². The minimum absolute atomic E-state index is 0.0820. The Bertz CT molecular complexity index is 1070. The molecule has 1 aliphatic heterocycles. The molecule has 2 heterocycles. The molecule has 1 unspecified atom stereocenters. The Morgan fingerprint density at radius 3 is 2.42 bits per heavy atom. The van der Waals surface area contributed by atoms with Crippen LogP contribution in [0.25, 0.3) is 11.3 Å². The van der Waals surface area contributed by atoms with Gasteiger partial charge in [-0.1, -0.05) is 51.1 Å². The highest BCUT2D eigenvalue weighted by Crippen LogP contribution is 2.36. The smallest absolute Gasteiger partial charge is 0.333 e. The standard InChI is InChI=1S/C30H43BrN2O5/c1-29(2,3)27(28(34)35)36-18-21-13-11-20(12-14-21)17-33-24(16-15-23-19-37-30(4,5)38-23)25(31)26(32-33)22-9-7-6-8-10-22/h6-10,20-21,23,27H,11-19H2,1-5H3,(H,34,35)/t20?,21?,23-,27?/m0/s1. The minimum atomic E-state index is -0.879. The molecule has 8 heteroatoms. The lowest BCUT2D eigenvalue weighted by Gasteiger charge is -2.32. The van der Waals surface area contributed by atoms with Crippen LogP contribution in [0.2, 0.25) is 0 Å². The second-order valence-corrected chi connectivity index (χ2v) is 13.2. The molecule has 1 aromatic heterocycles. The third-order valence-electron chi connectivity index (χ3n) is 7.72. The maximum absolute atomic E-state index is 11.7. The van der Waals surface area contributed by atoms with E-state index in [2.05, 4.69) is 32.7 Å². The Labute approximate surface area is 235 Å². The first-order chi connectivity index (χ1) is 17.9. The zero-order valence-electron chi connectivity index (χ0n) is 23.4. The fourth-order valence-corrected chi connectivity index (χ4v) is 6.31. The number of aromatic nitrogens is 2. The summed E-state index contributed by atoms with van der Waals surface area (Å²) in [7, 11) is 0. The van der Waals surface area contributed by atoms with E-state index >= 15 is 0 Å². The monoisotopic (exact) mass is 590 g/mol. The van der Waals surface area contributed by atoms with Gasteiger partial charge in [0.2, 0.25) is 0 Å². The van der Waals surface area contributed by atoms with Gasteiger partial charge in [0.15, 0.2) is 11.9 Å². The molecule has 2 aliphatic rings. The van der Waals surface area contributed by atoms with Crippen molar-refractivity contribution < 1.29 is 24.1 Å². The van der Waals surface area contributed by atoms with E-state index in [9.17, 15) is 9.90 Å². The number of nitrogens with zero attached hydrogens (tertiary/aromatic N) is 2. The summed E-state index contributed by atoms with van der Waals surface area (Å²) < 4.78 is 21.0. The lowest BCUT2D eigenvalue weighted by atomic mass is 9.82. The fourth-order valence-electron chi connectivity index (χ4n) is 5.60. The van der Waals surface area contributed by atoms with Crippen LogP contribution >= 0.6 is 15.9 Å². The van der Waals surface area contributed by atoms with Crippen molar-refractivity contribution >= 4 is 21.9 Å². The molecule has 7 nitrogen and oxygen atoms in total. The van der Waals surface area contributed by atoms with Crippen LogP contribution in [0.4, 0.5) is 0 Å². The summed E-state index contributed by atoms with van der Waals surface area (Å²) in [5, 5.41) is 14.6. The summed E-state index contributed by atoms with van der Waals surface area (Å²) in [6, 6.07) is 10.3. The second kappa shape index (κ2) is 12.2. The van der Waals surface area contributed by atoms with Crippen LogP contribution in [0.1, 0.15) is 72.4 Å². The molecule has 2 fully saturated rings. The highest BCUT2D eigenvalue weighted by molar-refractivity contribution is 9.10. The van der Waals surface area contributed by atoms with Gasteiger partial charge in [0.1, 0.15) is 5.69 Å². The molecule has 1 aromatic carbocycles. The summed E-state index contributed by atoms with van der Waals surface area (Å²) in [6.07, 6.45) is 5.32. The topological polar surface area (TPSA) is 82.8 Å². The normalized spacial score (nSPS) is 24.4. The molecule has 0 amide bonds. The Morgan fingerprint density at radius 1 is 1.18 bits per heavy atom. The van der Waals surface area contributed by atoms with Gasteiger partial charge in [0, 0.05) is 12.1 Å². The van der Waals surface area contributed by atoms with Crippen molar-refractivity contribution in [2.24, 2.45) is 17.3 Å². The number of carbonyl (C=O) groups is 1. The Morgan fingerprint density at radius 2 is 1.84 bits per heavy atom. The molecule has 1 aliphatic carbocycles. The van der Waals surface area contributed by atoms with Crippen molar-refractivity contribution in [3.8, 4) is 11.3 Å². The number of hydrogen-bond acceptors (Lipinski definition) is 5. The van der Waals surface area contributed by atoms with Gasteiger partial charge in [-0.15, -0.1) is 0 Å². The predicted octanol–water partition coefficient (Wildman–Crippen LogP) is 6.72. The zero-order valence-corrected chi connectivity index (χ0v) is 25.0. The van der Waals surface area contributed by atoms with Gasteiger partial charge >= 0.3 is 5.97 Å². The van der Waals surface area contributed by atoms with E-state index in [4.69, 9.17) is 19.3 Å². The zero-order chi connectivity index (χ0) is 27.5. The minimum Gasteiger partial charge on any atom is -0.479 e. The molecular weight excluding hydrogens is 548 g/mol. The van der Waals surface area contributed by atoms with Gasteiger partial charge < -0.3 is 19.3 Å². The van der Waals surface area contributed by atoms with E-state index in [1.807, 2.05) is 52.8 Å². The van der Waals surface area contributed by atoms with Crippen molar-refractivity contribution in [2.45, 2.75) is 97.7 Å². The lowest BCUT2D eigenvalue weighted by molar-refractivity contribution is -0.159. The van der Waals surface area contributed by atoms with Gasteiger partial charge in [0.05, 0.1) is 29.5 Å². The largest absolute Gasteiger partial charge is 0.479 e. The molecule has 0 spiro atoms. The molecule has 2 aromatic rings. The van der Waals surface area contributed by atoms with Gasteiger partial charge in [-0.3, -0.25) is 4.68 Å². The molecule has 1 saturated heterocycles. The van der Waals surface area contributed by atoms with Gasteiger partial charge in [-0.25, -0.2) is 4.79 Å². The molecule has 1 saturated carbocycles. The highest BCUT2D eigenvalue weighted by Gasteiger charge is 2.34. The van der Waals surface area contributed by atoms with Crippen LogP contribution < -0.4 is 0 Å². The second-order valence-electron chi connectivity index (χ2n) is 12.5. The number of ether oxygens (including phenoxy) is 3. The quantitative estimate of drug-likeness (QED) is 0.331. The first-order valence-corrected chi connectivity index (χ1v) is 14.7. The van der Waals surface area contributed by atoms with Crippen LogP contribution in [-0.4, -0.2) is 52.1 Å². The number of carboxylic acid groups (broad SMARTS) is 1. The number of aliphatic carboxylic acids is 1. The first kappa shape index (κ1) is 29.2. The molecule has 2 atom stereocenters. The van der Waals surface area contributed by atoms with E-state index in [1.165, 1.54) is 5.69 Å². The maximum Gasteiger partial charge on any atom is 0.333 e. The fraction of sp³-hybridized carbons (Fsp3) is 0.667. The van der Waals surface area contributed by atoms with E-state index < -0.39 is 23.3 Å². The predicted molar refractivity (Wildman–Crippen MR) is 151 cm³/mol. The van der Waals surface area contributed by atoms with Crippen molar-refractivity contribution in [2.75, 3.05) is 13.2 Å². The van der Waals surface area contributed by atoms with Gasteiger partial charge in [-0.2, -0.15) is 5.10 Å². The number of hydrogen-bond donors (Lipinski definition) is 1. The lowest BCUT2D eigenvalue weighted by Crippen LogP contribution is -2.38. The molecule has 210 valence electrons. The molecule has 0 radical (unpaired) electrons. The van der Waals surface area contributed by atoms with Crippen LogP contribution in [0.5, 0.6) is 0 Å². The molecular formula is C30H43BrN2O5. The highest BCUT2D eigenvalue weighted by atomic mass is 79.9. The molecule has 0 bridgehead atoms. The Kier molecular flexibility index (Phi) is 9.38. The summed E-state index contributed by atoms with van der Waals surface area (Å²) >= 11 is 3.89. The molecule has 38 heavy (non-hydrogen) atoms. The summed E-state index contributed by atoms with van der Waals surface area (Å²) in [5.41, 5.74) is 2.87. The number of rotatable bonds is 10. The van der Waals surface area contributed by atoms with Crippen molar-refractivity contribution in [1.29, 1.82) is 0 Å². The van der Waals surface area contributed by atoms with Gasteiger partial charge in [0.25, 0.3) is 0 Å². The summed E-state index contributed by atoms with van der Waals surface area (Å²) in [6.45, 7) is 11.7. The third kappa shape index (κ3) is 7.46. The van der Waals surface area contributed by atoms with Crippen LogP contribution in [0.15, 0.2) is 34.8 Å². The Balaban J connectivity index is 1.40. The van der Waals surface area contributed by atoms with E-state index in [0.717, 1.165) is 60.8 Å². The summed E-state index contributed by atoms with van der Waals surface area (Å²) in [4.78, 5) is 11.7. The van der Waals surface area contributed by atoms with Crippen LogP contribution in [0.3, 0.4) is 0 Å². The van der Waals surface area contributed by atoms with Crippen molar-refractivity contribution in [3.63, 3.8) is 0 Å². The molecule has 4 rings (SSSR count). The van der Waals surface area contributed by atoms with E-state index in [0.29, 0.717) is 25.0 Å². The van der Waals surface area contributed by atoms with Crippen molar-refractivity contribution in [3.05, 3.63) is 40.5 Å². The van der Waals surface area contributed by atoms with Crippen molar-refractivity contribution in [1.82, 2.24) is 9.78 Å². The van der Waals surface area contributed by atoms with Gasteiger partial charge in [-0.05, 0) is 85.6 Å². The average molecular weight is 592 g/mol. The number of benzene rings is 1. The van der Waals surface area contributed by atoms with E-state index in [-0.39, 0.29) is 6.10 Å². The number of halogens is 1. The first-order valence-electron chi connectivity index (χ1n) is 13.9. The molecule has 1 N–H and O–H groups in total. The summed E-state index contributed by atoms with van der Waals surface area (Å²) in [5.74, 6) is -0.461. The maximum atomic E-state index is 11.7. The van der Waals surface area contributed by atoms with Crippen LogP contribution in [0, 0.1) is 17.3 Å². The third-order valence-corrected chi connectivity index (χ3v) is 8.55. The average Bonchev–Trinajstić information content (AvgIpc) is 3.36. The number of carboxylic acids is 1.